The molecule has 0 aliphatic carbocycles. The van der Waals surface area contributed by atoms with Crippen LogP contribution in [0.1, 0.15) is 25.5 Å². The van der Waals surface area contributed by atoms with Crippen molar-refractivity contribution >= 4 is 40.0 Å². The van der Waals surface area contributed by atoms with Gasteiger partial charge in [-0.05, 0) is 42.8 Å². The zero-order chi connectivity index (χ0) is 24.1. The molecular weight excluding hydrogens is 434 g/mol. The lowest BCUT2D eigenvalue weighted by molar-refractivity contribution is -0.125. The van der Waals surface area contributed by atoms with Gasteiger partial charge < -0.3 is 20.9 Å². The smallest absolute Gasteiger partial charge is 0.249 e. The van der Waals surface area contributed by atoms with Crippen molar-refractivity contribution in [3.8, 4) is 0 Å². The molecule has 2 heterocycles. The van der Waals surface area contributed by atoms with Gasteiger partial charge in [0, 0.05) is 41.8 Å². The Labute approximate surface area is 195 Å². The van der Waals surface area contributed by atoms with Crippen LogP contribution in [-0.4, -0.2) is 43.5 Å². The summed E-state index contributed by atoms with van der Waals surface area (Å²) < 4.78 is 1.46. The van der Waals surface area contributed by atoms with Crippen LogP contribution in [0, 0.1) is 0 Å². The number of aromatic nitrogens is 4. The Morgan fingerprint density at radius 1 is 1.00 bits per heavy atom. The van der Waals surface area contributed by atoms with E-state index in [0.717, 1.165) is 16.5 Å². The molecule has 2 atom stereocenters. The van der Waals surface area contributed by atoms with Crippen molar-refractivity contribution in [2.75, 3.05) is 10.6 Å². The number of H-pyrrole nitrogens is 1. The Morgan fingerprint density at radius 3 is 2.32 bits per heavy atom. The Hall–Kier alpha value is -4.47. The van der Waals surface area contributed by atoms with E-state index < -0.39 is 12.1 Å². The fraction of sp³-hybridized carbons (Fsp3) is 0.208. The fourth-order valence-electron chi connectivity index (χ4n) is 3.63. The normalized spacial score (nSPS) is 12.6. The molecule has 0 bridgehead atoms. The number of fused-ring (bicyclic) bond motifs is 1. The third-order valence-electron chi connectivity index (χ3n) is 5.43. The van der Waals surface area contributed by atoms with Gasteiger partial charge in [-0.1, -0.05) is 18.2 Å². The Balaban J connectivity index is 1.41. The van der Waals surface area contributed by atoms with Gasteiger partial charge in [0.2, 0.25) is 17.7 Å². The van der Waals surface area contributed by atoms with Gasteiger partial charge in [-0.3, -0.25) is 14.4 Å². The Kier molecular flexibility index (Phi) is 6.67. The number of hydrogen-bond acceptors (Lipinski definition) is 5. The van der Waals surface area contributed by atoms with Crippen LogP contribution < -0.4 is 16.0 Å². The van der Waals surface area contributed by atoms with E-state index in [1.54, 1.807) is 31.2 Å². The maximum atomic E-state index is 13.0. The Morgan fingerprint density at radius 2 is 1.68 bits per heavy atom. The van der Waals surface area contributed by atoms with E-state index >= 15 is 0 Å². The van der Waals surface area contributed by atoms with Crippen molar-refractivity contribution in [1.82, 2.24) is 25.1 Å². The molecule has 0 unspecified atom stereocenters. The van der Waals surface area contributed by atoms with E-state index in [-0.39, 0.29) is 17.7 Å². The topological polar surface area (TPSA) is 134 Å². The van der Waals surface area contributed by atoms with E-state index in [9.17, 15) is 14.4 Å². The molecule has 0 radical (unpaired) electrons. The molecule has 4 rings (SSSR count). The van der Waals surface area contributed by atoms with Crippen molar-refractivity contribution in [1.29, 1.82) is 0 Å². The highest BCUT2D eigenvalue weighted by Crippen LogP contribution is 2.20. The van der Waals surface area contributed by atoms with Crippen LogP contribution >= 0.6 is 0 Å². The van der Waals surface area contributed by atoms with Gasteiger partial charge in [0.15, 0.2) is 0 Å². The molecule has 0 aliphatic heterocycles. The molecule has 4 aromatic rings. The van der Waals surface area contributed by atoms with Crippen LogP contribution in [0.3, 0.4) is 0 Å². The molecule has 34 heavy (non-hydrogen) atoms. The quantitative estimate of drug-likeness (QED) is 0.321. The lowest BCUT2D eigenvalue weighted by Crippen LogP contribution is -2.44. The van der Waals surface area contributed by atoms with Crippen LogP contribution in [0.25, 0.3) is 10.9 Å². The van der Waals surface area contributed by atoms with Gasteiger partial charge in [-0.25, -0.2) is 9.67 Å². The zero-order valence-corrected chi connectivity index (χ0v) is 18.8. The first-order chi connectivity index (χ1) is 16.4. The molecule has 0 fully saturated rings. The number of nitrogens with zero attached hydrogens (tertiary/aromatic N) is 3. The third-order valence-corrected chi connectivity index (χ3v) is 5.43. The van der Waals surface area contributed by atoms with E-state index in [1.807, 2.05) is 30.5 Å². The standard InChI is InChI=1S/C24H25N7O3/c1-15(31-14-25-13-27-31)23(33)29-18-7-9-19(10-8-18)30-24(34)22(28-16(2)32)11-17-12-26-21-6-4-3-5-20(17)21/h3-10,12-15,22,26H,11H2,1-2H3,(H,28,32)(H,29,33)(H,30,34)/t15-,22-/m0/s1. The summed E-state index contributed by atoms with van der Waals surface area (Å²) >= 11 is 0. The molecule has 0 saturated carbocycles. The summed E-state index contributed by atoms with van der Waals surface area (Å²) in [6.07, 6.45) is 5.03. The number of para-hydroxylation sites is 1. The number of carbonyl (C=O) groups excluding carboxylic acids is 3. The average molecular weight is 460 g/mol. The number of amides is 3. The number of carbonyl (C=O) groups is 3. The molecule has 0 saturated heterocycles. The summed E-state index contributed by atoms with van der Waals surface area (Å²) in [4.78, 5) is 44.1. The van der Waals surface area contributed by atoms with Crippen molar-refractivity contribution < 1.29 is 14.4 Å². The van der Waals surface area contributed by atoms with Gasteiger partial charge in [0.1, 0.15) is 24.7 Å². The minimum absolute atomic E-state index is 0.244. The highest BCUT2D eigenvalue weighted by atomic mass is 16.2. The molecule has 174 valence electrons. The Bertz CT molecular complexity index is 1300. The lowest BCUT2D eigenvalue weighted by Gasteiger charge is -2.18. The SMILES string of the molecule is CC(=O)N[C@@H](Cc1c[nH]c2ccccc12)C(=O)Nc1ccc(NC(=O)[C@H](C)n2cncn2)cc1. The second-order valence-electron chi connectivity index (χ2n) is 7.92. The van der Waals surface area contributed by atoms with Crippen molar-refractivity contribution in [2.45, 2.75) is 32.4 Å². The predicted octanol–water partition coefficient (Wildman–Crippen LogP) is 2.65. The first kappa shape index (κ1) is 22.7. The summed E-state index contributed by atoms with van der Waals surface area (Å²) in [5, 5.41) is 13.3. The number of aromatic amines is 1. The maximum Gasteiger partial charge on any atom is 0.249 e. The first-order valence-electron chi connectivity index (χ1n) is 10.8. The monoisotopic (exact) mass is 459 g/mol. The summed E-state index contributed by atoms with van der Waals surface area (Å²) in [6.45, 7) is 3.10. The van der Waals surface area contributed by atoms with Crippen LogP contribution in [0.2, 0.25) is 0 Å². The summed E-state index contributed by atoms with van der Waals surface area (Å²) in [7, 11) is 0. The number of anilines is 2. The van der Waals surface area contributed by atoms with Gasteiger partial charge in [-0.2, -0.15) is 5.10 Å². The second kappa shape index (κ2) is 9.99. The first-order valence-corrected chi connectivity index (χ1v) is 10.8. The molecule has 10 nitrogen and oxygen atoms in total. The molecular formula is C24H25N7O3. The zero-order valence-electron chi connectivity index (χ0n) is 18.8. The van der Waals surface area contributed by atoms with Crippen molar-refractivity contribution in [2.24, 2.45) is 0 Å². The molecule has 10 heteroatoms. The molecule has 2 aromatic carbocycles. The van der Waals surface area contributed by atoms with E-state index in [4.69, 9.17) is 0 Å². The number of hydrogen-bond donors (Lipinski definition) is 4. The average Bonchev–Trinajstić information content (AvgIpc) is 3.50. The lowest BCUT2D eigenvalue weighted by atomic mass is 10.0. The number of benzene rings is 2. The van der Waals surface area contributed by atoms with E-state index in [1.165, 1.54) is 24.3 Å². The van der Waals surface area contributed by atoms with Crippen LogP contribution in [-0.2, 0) is 20.8 Å². The minimum Gasteiger partial charge on any atom is -0.361 e. The second-order valence-corrected chi connectivity index (χ2v) is 7.92. The summed E-state index contributed by atoms with van der Waals surface area (Å²) in [5.74, 6) is -0.872. The van der Waals surface area contributed by atoms with Gasteiger partial charge in [0.25, 0.3) is 0 Å². The van der Waals surface area contributed by atoms with Gasteiger partial charge in [-0.15, -0.1) is 0 Å². The number of rotatable bonds is 8. The molecule has 4 N–H and O–H groups in total. The van der Waals surface area contributed by atoms with Crippen LogP contribution in [0.4, 0.5) is 11.4 Å². The third kappa shape index (κ3) is 5.29. The largest absolute Gasteiger partial charge is 0.361 e. The van der Waals surface area contributed by atoms with Crippen molar-refractivity contribution in [3.63, 3.8) is 0 Å². The highest BCUT2D eigenvalue weighted by molar-refractivity contribution is 5.98. The maximum absolute atomic E-state index is 13.0. The van der Waals surface area contributed by atoms with E-state index in [0.29, 0.717) is 17.8 Å². The minimum atomic E-state index is -0.750. The fourth-order valence-corrected chi connectivity index (χ4v) is 3.63. The molecule has 0 aliphatic rings. The van der Waals surface area contributed by atoms with Gasteiger partial charge in [0.05, 0.1) is 0 Å². The molecule has 3 amide bonds. The van der Waals surface area contributed by atoms with Gasteiger partial charge >= 0.3 is 0 Å². The summed E-state index contributed by atoms with van der Waals surface area (Å²) in [6, 6.07) is 13.3. The summed E-state index contributed by atoms with van der Waals surface area (Å²) in [5.41, 5.74) is 3.02. The number of nitrogens with one attached hydrogen (secondary N) is 4. The highest BCUT2D eigenvalue weighted by Gasteiger charge is 2.22. The van der Waals surface area contributed by atoms with E-state index in [2.05, 4.69) is 31.0 Å². The molecule has 0 spiro atoms. The van der Waals surface area contributed by atoms with Crippen LogP contribution in [0.15, 0.2) is 67.4 Å². The molecule has 2 aromatic heterocycles. The van der Waals surface area contributed by atoms with Crippen LogP contribution in [0.5, 0.6) is 0 Å². The van der Waals surface area contributed by atoms with Crippen molar-refractivity contribution in [3.05, 3.63) is 72.9 Å². The predicted molar refractivity (Wildman–Crippen MR) is 128 cm³/mol.